The van der Waals surface area contributed by atoms with Crippen molar-refractivity contribution in [3.63, 3.8) is 0 Å². The monoisotopic (exact) mass is 266 g/mol. The van der Waals surface area contributed by atoms with Crippen LogP contribution in [-0.2, 0) is 0 Å². The highest BCUT2D eigenvalue weighted by atomic mass is 15.3. The molecule has 1 rings (SSSR count). The molecule has 2 atom stereocenters. The lowest BCUT2D eigenvalue weighted by Gasteiger charge is -2.38. The lowest BCUT2D eigenvalue weighted by Crippen LogP contribution is -2.49. The Bertz CT molecular complexity index is 291. The van der Waals surface area contributed by atoms with Crippen LogP contribution in [0.2, 0.25) is 0 Å². The zero-order valence-electron chi connectivity index (χ0n) is 12.9. The highest BCUT2D eigenvalue weighted by molar-refractivity contribution is 5.03. The standard InChI is InChI=1S/C15H30N4/c1-4-14(3)19-11-9-18(10-12-19)8-6-7-15(17,5-2)13-16/h14H,4-12,17H2,1-3H3. The molecule has 1 fully saturated rings. The number of hydrogen-bond donors (Lipinski definition) is 1. The van der Waals surface area contributed by atoms with Crippen molar-refractivity contribution < 1.29 is 0 Å². The minimum Gasteiger partial charge on any atom is -0.313 e. The molecule has 4 nitrogen and oxygen atoms in total. The Labute approximate surface area is 118 Å². The van der Waals surface area contributed by atoms with Gasteiger partial charge in [-0.2, -0.15) is 5.26 Å². The van der Waals surface area contributed by atoms with E-state index in [0.717, 1.165) is 38.9 Å². The molecule has 0 aromatic heterocycles. The molecule has 1 saturated heterocycles. The van der Waals surface area contributed by atoms with Gasteiger partial charge in [0.15, 0.2) is 0 Å². The first-order chi connectivity index (χ1) is 9.04. The molecule has 2 unspecified atom stereocenters. The van der Waals surface area contributed by atoms with Gasteiger partial charge in [-0.25, -0.2) is 0 Å². The van der Waals surface area contributed by atoms with Gasteiger partial charge in [-0.15, -0.1) is 0 Å². The molecule has 1 heterocycles. The maximum Gasteiger partial charge on any atom is 0.104 e. The summed E-state index contributed by atoms with van der Waals surface area (Å²) in [5, 5.41) is 9.05. The molecule has 0 amide bonds. The van der Waals surface area contributed by atoms with Gasteiger partial charge in [0.2, 0.25) is 0 Å². The Balaban J connectivity index is 2.22. The number of hydrogen-bond acceptors (Lipinski definition) is 4. The zero-order valence-corrected chi connectivity index (χ0v) is 12.9. The number of nitriles is 1. The summed E-state index contributed by atoms with van der Waals surface area (Å²) < 4.78 is 0. The Kier molecular flexibility index (Phi) is 6.78. The summed E-state index contributed by atoms with van der Waals surface area (Å²) in [6, 6.07) is 2.95. The van der Waals surface area contributed by atoms with Crippen molar-refractivity contribution in [1.82, 2.24) is 9.80 Å². The van der Waals surface area contributed by atoms with Crippen LogP contribution in [0.1, 0.15) is 46.5 Å². The van der Waals surface area contributed by atoms with Gasteiger partial charge >= 0.3 is 0 Å². The third-order valence-electron chi connectivity index (χ3n) is 4.57. The average molecular weight is 266 g/mol. The average Bonchev–Trinajstić information content (AvgIpc) is 2.47. The number of rotatable bonds is 7. The van der Waals surface area contributed by atoms with E-state index in [0.29, 0.717) is 6.04 Å². The molecule has 2 N–H and O–H groups in total. The first-order valence-electron chi connectivity index (χ1n) is 7.71. The third kappa shape index (κ3) is 5.10. The maximum absolute atomic E-state index is 9.05. The van der Waals surface area contributed by atoms with E-state index in [1.807, 2.05) is 6.92 Å². The van der Waals surface area contributed by atoms with Crippen molar-refractivity contribution >= 4 is 0 Å². The maximum atomic E-state index is 9.05. The second kappa shape index (κ2) is 7.84. The molecule has 0 aromatic carbocycles. The SMILES string of the molecule is CCC(C)N1CCN(CCCC(N)(C#N)CC)CC1. The fraction of sp³-hybridized carbons (Fsp3) is 0.933. The summed E-state index contributed by atoms with van der Waals surface area (Å²) in [6.45, 7) is 12.3. The summed E-state index contributed by atoms with van der Waals surface area (Å²) in [6.07, 6.45) is 3.81. The van der Waals surface area contributed by atoms with E-state index in [2.05, 4.69) is 29.7 Å². The second-order valence-electron chi connectivity index (χ2n) is 5.86. The van der Waals surface area contributed by atoms with Gasteiger partial charge in [0.25, 0.3) is 0 Å². The normalized spacial score (nSPS) is 22.7. The number of nitrogens with zero attached hydrogens (tertiary/aromatic N) is 3. The van der Waals surface area contributed by atoms with Crippen molar-refractivity contribution in [2.24, 2.45) is 5.73 Å². The summed E-state index contributed by atoms with van der Waals surface area (Å²) >= 11 is 0. The van der Waals surface area contributed by atoms with Gasteiger partial charge in [0.05, 0.1) is 6.07 Å². The van der Waals surface area contributed by atoms with Crippen LogP contribution >= 0.6 is 0 Å². The molecular weight excluding hydrogens is 236 g/mol. The summed E-state index contributed by atoms with van der Waals surface area (Å²) in [7, 11) is 0. The van der Waals surface area contributed by atoms with Crippen LogP contribution in [-0.4, -0.2) is 54.1 Å². The lowest BCUT2D eigenvalue weighted by atomic mass is 9.93. The van der Waals surface area contributed by atoms with E-state index in [4.69, 9.17) is 11.0 Å². The zero-order chi connectivity index (χ0) is 14.3. The molecule has 0 radical (unpaired) electrons. The molecule has 0 saturated carbocycles. The molecule has 1 aliphatic rings. The fourth-order valence-electron chi connectivity index (χ4n) is 2.62. The molecule has 0 aliphatic carbocycles. The largest absolute Gasteiger partial charge is 0.313 e. The van der Waals surface area contributed by atoms with E-state index in [1.54, 1.807) is 0 Å². The topological polar surface area (TPSA) is 56.3 Å². The molecule has 0 spiro atoms. The molecule has 0 bridgehead atoms. The number of nitrogens with two attached hydrogens (primary N) is 1. The highest BCUT2D eigenvalue weighted by Gasteiger charge is 2.23. The minimum absolute atomic E-state index is 0.613. The molecular formula is C15H30N4. The fourth-order valence-corrected chi connectivity index (χ4v) is 2.62. The van der Waals surface area contributed by atoms with E-state index in [-0.39, 0.29) is 0 Å². The Morgan fingerprint density at radius 2 is 1.89 bits per heavy atom. The Morgan fingerprint density at radius 3 is 2.37 bits per heavy atom. The van der Waals surface area contributed by atoms with Gasteiger partial charge in [-0.05, 0) is 39.2 Å². The second-order valence-corrected chi connectivity index (χ2v) is 5.86. The van der Waals surface area contributed by atoms with Crippen molar-refractivity contribution in [3.05, 3.63) is 0 Å². The van der Waals surface area contributed by atoms with Crippen LogP contribution in [0.15, 0.2) is 0 Å². The summed E-state index contributed by atoms with van der Waals surface area (Å²) in [5.41, 5.74) is 5.39. The van der Waals surface area contributed by atoms with Crippen molar-refractivity contribution in [1.29, 1.82) is 5.26 Å². The van der Waals surface area contributed by atoms with Gasteiger partial charge in [0.1, 0.15) is 5.54 Å². The number of piperazine rings is 1. The third-order valence-corrected chi connectivity index (χ3v) is 4.57. The van der Waals surface area contributed by atoms with Gasteiger partial charge < -0.3 is 10.6 Å². The molecule has 0 aromatic rings. The predicted molar refractivity (Wildman–Crippen MR) is 79.8 cm³/mol. The smallest absolute Gasteiger partial charge is 0.104 e. The summed E-state index contributed by atoms with van der Waals surface area (Å²) in [4.78, 5) is 5.08. The molecule has 19 heavy (non-hydrogen) atoms. The van der Waals surface area contributed by atoms with Crippen LogP contribution in [0.3, 0.4) is 0 Å². The van der Waals surface area contributed by atoms with E-state index >= 15 is 0 Å². The Morgan fingerprint density at radius 1 is 1.26 bits per heavy atom. The van der Waals surface area contributed by atoms with Gasteiger partial charge in [0, 0.05) is 32.2 Å². The van der Waals surface area contributed by atoms with Crippen molar-refractivity contribution in [2.45, 2.75) is 58.0 Å². The van der Waals surface area contributed by atoms with Crippen LogP contribution in [0.5, 0.6) is 0 Å². The lowest BCUT2D eigenvalue weighted by molar-refractivity contribution is 0.0987. The summed E-state index contributed by atoms with van der Waals surface area (Å²) in [5.74, 6) is 0. The van der Waals surface area contributed by atoms with Crippen LogP contribution in [0.25, 0.3) is 0 Å². The highest BCUT2D eigenvalue weighted by Crippen LogP contribution is 2.14. The first-order valence-corrected chi connectivity index (χ1v) is 7.71. The van der Waals surface area contributed by atoms with Crippen molar-refractivity contribution in [2.75, 3.05) is 32.7 Å². The quantitative estimate of drug-likeness (QED) is 0.763. The molecule has 4 heteroatoms. The predicted octanol–water partition coefficient (Wildman–Crippen LogP) is 1.81. The van der Waals surface area contributed by atoms with Crippen molar-refractivity contribution in [3.8, 4) is 6.07 Å². The van der Waals surface area contributed by atoms with Crippen LogP contribution in [0.4, 0.5) is 0 Å². The first kappa shape index (κ1) is 16.4. The van der Waals surface area contributed by atoms with E-state index in [9.17, 15) is 0 Å². The van der Waals surface area contributed by atoms with Crippen LogP contribution in [0, 0.1) is 11.3 Å². The van der Waals surface area contributed by atoms with E-state index < -0.39 is 5.54 Å². The molecule has 1 aliphatic heterocycles. The van der Waals surface area contributed by atoms with Crippen LogP contribution < -0.4 is 5.73 Å². The van der Waals surface area contributed by atoms with E-state index in [1.165, 1.54) is 19.5 Å². The Hall–Kier alpha value is -0.630. The van der Waals surface area contributed by atoms with Gasteiger partial charge in [-0.1, -0.05) is 13.8 Å². The minimum atomic E-state index is -0.613. The van der Waals surface area contributed by atoms with Gasteiger partial charge in [-0.3, -0.25) is 4.90 Å². The molecule has 110 valence electrons.